The molecule has 2 atom stereocenters. The van der Waals surface area contributed by atoms with Crippen LogP contribution in [-0.4, -0.2) is 54.7 Å². The van der Waals surface area contributed by atoms with Gasteiger partial charge in [-0.05, 0) is 50.6 Å². The normalized spacial score (nSPS) is 19.8. The number of benzene rings is 1. The molecule has 1 aromatic heterocycles. The average Bonchev–Trinajstić information content (AvgIpc) is 3.42. The van der Waals surface area contributed by atoms with Crippen LogP contribution in [0.15, 0.2) is 58.1 Å². The van der Waals surface area contributed by atoms with Crippen molar-refractivity contribution in [1.29, 1.82) is 0 Å². The van der Waals surface area contributed by atoms with E-state index in [2.05, 4.69) is 22.5 Å². The van der Waals surface area contributed by atoms with Crippen LogP contribution in [0.25, 0.3) is 0 Å². The zero-order valence-corrected chi connectivity index (χ0v) is 17.6. The van der Waals surface area contributed by atoms with Crippen LogP contribution in [0.4, 0.5) is 0 Å². The molecule has 0 saturated carbocycles. The van der Waals surface area contributed by atoms with Gasteiger partial charge in [-0.2, -0.15) is 0 Å². The number of rotatable bonds is 9. The number of likely N-dealkylation sites (N-methyl/N-ethyl adjacent to an activating group) is 1. The number of guanidine groups is 1. The van der Waals surface area contributed by atoms with Gasteiger partial charge in [-0.25, -0.2) is 4.99 Å². The molecule has 6 nitrogen and oxygen atoms in total. The minimum absolute atomic E-state index is 0.287. The van der Waals surface area contributed by atoms with Crippen molar-refractivity contribution in [3.8, 4) is 0 Å². The lowest BCUT2D eigenvalue weighted by Crippen LogP contribution is -2.46. The molecule has 0 amide bonds. The summed E-state index contributed by atoms with van der Waals surface area (Å²) >= 11 is 0. The van der Waals surface area contributed by atoms with Gasteiger partial charge in [0.2, 0.25) is 0 Å². The Kier molecular flexibility index (Phi) is 7.72. The fraction of sp³-hybridized carbons (Fsp3) is 0.522. The molecule has 0 radical (unpaired) electrons. The largest absolute Gasteiger partial charge is 0.469 e. The Balaban J connectivity index is 1.61. The fourth-order valence-electron chi connectivity index (χ4n) is 3.81. The average molecular weight is 399 g/mol. The number of hydrogen-bond donors (Lipinski definition) is 3. The molecule has 2 heterocycles. The number of hydrogen-bond acceptors (Lipinski definition) is 4. The Bertz CT molecular complexity index is 744. The molecule has 0 aliphatic carbocycles. The Morgan fingerprint density at radius 1 is 1.24 bits per heavy atom. The van der Waals surface area contributed by atoms with Gasteiger partial charge in [0.25, 0.3) is 0 Å². The predicted octanol–water partition coefficient (Wildman–Crippen LogP) is 2.75. The van der Waals surface area contributed by atoms with Crippen LogP contribution in [0, 0.1) is 0 Å². The summed E-state index contributed by atoms with van der Waals surface area (Å²) in [6.07, 6.45) is 4.94. The number of likely N-dealkylation sites (tertiary alicyclic amines) is 1. The zero-order valence-electron chi connectivity index (χ0n) is 17.6. The lowest BCUT2D eigenvalue weighted by Gasteiger charge is -2.25. The van der Waals surface area contributed by atoms with Crippen LogP contribution in [0.3, 0.4) is 0 Å². The van der Waals surface area contributed by atoms with Gasteiger partial charge < -0.3 is 20.2 Å². The molecule has 2 aromatic rings. The van der Waals surface area contributed by atoms with Crippen molar-refractivity contribution in [3.05, 3.63) is 60.1 Å². The minimum atomic E-state index is -1.01. The number of aliphatic hydroxyl groups is 1. The summed E-state index contributed by atoms with van der Waals surface area (Å²) in [6, 6.07) is 14.1. The molecule has 0 spiro atoms. The van der Waals surface area contributed by atoms with Gasteiger partial charge in [0.15, 0.2) is 5.96 Å². The number of aliphatic imine (C=N–C) groups is 1. The number of nitrogens with zero attached hydrogens (tertiary/aromatic N) is 2. The Labute approximate surface area is 174 Å². The van der Waals surface area contributed by atoms with Crippen molar-refractivity contribution in [1.82, 2.24) is 15.5 Å². The SMILES string of the molecule is CCN1CCCC1CNC(=NCC(C)(O)c1ccccc1)NCCc1ccco1. The first-order valence-corrected chi connectivity index (χ1v) is 10.6. The van der Waals surface area contributed by atoms with Gasteiger partial charge in [0, 0.05) is 25.6 Å². The van der Waals surface area contributed by atoms with Crippen molar-refractivity contribution in [2.24, 2.45) is 4.99 Å². The van der Waals surface area contributed by atoms with Crippen LogP contribution in [0.1, 0.15) is 38.0 Å². The van der Waals surface area contributed by atoms with Crippen molar-refractivity contribution in [2.75, 3.05) is 32.7 Å². The van der Waals surface area contributed by atoms with Crippen LogP contribution in [0.2, 0.25) is 0 Å². The number of furan rings is 1. The van der Waals surface area contributed by atoms with Gasteiger partial charge in [0.05, 0.1) is 12.8 Å². The highest BCUT2D eigenvalue weighted by Crippen LogP contribution is 2.20. The van der Waals surface area contributed by atoms with Gasteiger partial charge in [0.1, 0.15) is 11.4 Å². The van der Waals surface area contributed by atoms with Crippen molar-refractivity contribution < 1.29 is 9.52 Å². The van der Waals surface area contributed by atoms with E-state index in [1.165, 1.54) is 19.4 Å². The monoisotopic (exact) mass is 398 g/mol. The molecule has 3 rings (SSSR count). The van der Waals surface area contributed by atoms with Crippen molar-refractivity contribution in [2.45, 2.75) is 44.8 Å². The molecule has 1 saturated heterocycles. The number of nitrogens with one attached hydrogen (secondary N) is 2. The first kappa shape index (κ1) is 21.4. The van der Waals surface area contributed by atoms with Crippen LogP contribution in [-0.2, 0) is 12.0 Å². The summed E-state index contributed by atoms with van der Waals surface area (Å²) < 4.78 is 5.41. The van der Waals surface area contributed by atoms with E-state index in [1.807, 2.05) is 49.4 Å². The molecular formula is C23H34N4O2. The highest BCUT2D eigenvalue weighted by molar-refractivity contribution is 5.79. The van der Waals surface area contributed by atoms with Gasteiger partial charge in [-0.3, -0.25) is 4.90 Å². The standard InChI is InChI=1S/C23H34N4O2/c1-3-27-15-7-11-20(27)17-25-22(24-14-13-21-12-8-16-29-21)26-18-23(2,28)19-9-5-4-6-10-19/h4-6,8-10,12,16,20,28H,3,7,11,13-15,17-18H2,1-2H3,(H2,24,25,26). The molecule has 0 bridgehead atoms. The lowest BCUT2D eigenvalue weighted by molar-refractivity contribution is 0.0672. The molecule has 1 aliphatic heterocycles. The summed E-state index contributed by atoms with van der Waals surface area (Å²) in [6.45, 7) is 8.13. The first-order chi connectivity index (χ1) is 14.1. The van der Waals surface area contributed by atoms with Gasteiger partial charge in [-0.15, -0.1) is 0 Å². The predicted molar refractivity (Wildman–Crippen MR) is 117 cm³/mol. The van der Waals surface area contributed by atoms with Crippen molar-refractivity contribution in [3.63, 3.8) is 0 Å². The van der Waals surface area contributed by atoms with E-state index in [0.717, 1.165) is 43.3 Å². The lowest BCUT2D eigenvalue weighted by atomic mass is 9.96. The van der Waals surface area contributed by atoms with E-state index in [-0.39, 0.29) is 6.54 Å². The fourth-order valence-corrected chi connectivity index (χ4v) is 3.81. The second-order valence-corrected chi connectivity index (χ2v) is 7.87. The van der Waals surface area contributed by atoms with E-state index in [9.17, 15) is 5.11 Å². The maximum atomic E-state index is 10.9. The maximum Gasteiger partial charge on any atom is 0.191 e. The molecule has 2 unspecified atom stereocenters. The quantitative estimate of drug-likeness (QED) is 0.447. The smallest absolute Gasteiger partial charge is 0.191 e. The Hall–Kier alpha value is -2.31. The third-order valence-electron chi connectivity index (χ3n) is 5.60. The van der Waals surface area contributed by atoms with Gasteiger partial charge in [-0.1, -0.05) is 37.3 Å². The van der Waals surface area contributed by atoms with E-state index >= 15 is 0 Å². The molecular weight excluding hydrogens is 364 g/mol. The first-order valence-electron chi connectivity index (χ1n) is 10.6. The second-order valence-electron chi connectivity index (χ2n) is 7.87. The summed E-state index contributed by atoms with van der Waals surface area (Å²) in [5, 5.41) is 17.8. The van der Waals surface area contributed by atoms with Crippen LogP contribution in [0.5, 0.6) is 0 Å². The minimum Gasteiger partial charge on any atom is -0.469 e. The third-order valence-corrected chi connectivity index (χ3v) is 5.60. The highest BCUT2D eigenvalue weighted by Gasteiger charge is 2.24. The summed E-state index contributed by atoms with van der Waals surface area (Å²) in [5.41, 5.74) is -0.147. The van der Waals surface area contributed by atoms with Gasteiger partial charge >= 0.3 is 0 Å². The summed E-state index contributed by atoms with van der Waals surface area (Å²) in [7, 11) is 0. The van der Waals surface area contributed by atoms with E-state index < -0.39 is 5.60 Å². The van der Waals surface area contributed by atoms with Crippen molar-refractivity contribution >= 4 is 5.96 Å². The summed E-state index contributed by atoms with van der Waals surface area (Å²) in [4.78, 5) is 7.21. The Morgan fingerprint density at radius 2 is 2.07 bits per heavy atom. The molecule has 158 valence electrons. The Morgan fingerprint density at radius 3 is 2.79 bits per heavy atom. The van der Waals surface area contributed by atoms with Crippen LogP contribution < -0.4 is 10.6 Å². The third kappa shape index (κ3) is 6.34. The van der Waals surface area contributed by atoms with Crippen LogP contribution >= 0.6 is 0 Å². The zero-order chi connectivity index (χ0) is 20.5. The van der Waals surface area contributed by atoms with E-state index in [4.69, 9.17) is 9.41 Å². The molecule has 1 aromatic carbocycles. The van der Waals surface area contributed by atoms with E-state index in [1.54, 1.807) is 6.26 Å². The molecule has 29 heavy (non-hydrogen) atoms. The molecule has 3 N–H and O–H groups in total. The maximum absolute atomic E-state index is 10.9. The van der Waals surface area contributed by atoms with E-state index in [0.29, 0.717) is 6.04 Å². The highest BCUT2D eigenvalue weighted by atomic mass is 16.3. The molecule has 1 fully saturated rings. The second kappa shape index (κ2) is 10.5. The topological polar surface area (TPSA) is 73.0 Å². The summed E-state index contributed by atoms with van der Waals surface area (Å²) in [5.74, 6) is 1.68. The molecule has 1 aliphatic rings. The molecule has 6 heteroatoms.